The van der Waals surface area contributed by atoms with Crippen LogP contribution in [-0.4, -0.2) is 14.0 Å². The van der Waals surface area contributed by atoms with Crippen molar-refractivity contribution in [1.82, 2.24) is 4.98 Å². The van der Waals surface area contributed by atoms with Gasteiger partial charge in [0.2, 0.25) is 0 Å². The van der Waals surface area contributed by atoms with E-state index >= 15 is 0 Å². The average Bonchev–Trinajstić information content (AvgIpc) is 2.85. The molecule has 1 aliphatic carbocycles. The zero-order valence-electron chi connectivity index (χ0n) is 17.4. The molecule has 0 spiro atoms. The summed E-state index contributed by atoms with van der Waals surface area (Å²) in [4.78, 5) is 3.80. The van der Waals surface area contributed by atoms with Gasteiger partial charge in [0, 0.05) is 11.1 Å². The summed E-state index contributed by atoms with van der Waals surface area (Å²) in [5, 5.41) is 0. The molecule has 5 heteroatoms. The molecule has 1 aliphatic rings. The van der Waals surface area contributed by atoms with Crippen molar-refractivity contribution in [3.8, 4) is 5.75 Å². The Morgan fingerprint density at radius 2 is 1.82 bits per heavy atom. The molecule has 1 N–H and O–H groups in total. The molecule has 0 fully saturated rings. The molecule has 0 saturated carbocycles. The second kappa shape index (κ2) is 8.84. The van der Waals surface area contributed by atoms with E-state index in [4.69, 9.17) is 4.43 Å². The predicted octanol–water partition coefficient (Wildman–Crippen LogP) is -1.26. The summed E-state index contributed by atoms with van der Waals surface area (Å²) in [6.45, 7) is 11.1. The standard InChI is InChI=1S/C17H27NOSi.2Li.2H/c1-6-20(7-2,18-17(3,4)5)19-16-13-9-11-14-10-8-12-15(14)16;;;;/h8-9,11-13,18H,6-7,10H2,1-5H3;;;;/q;2*+1;2*-1. The van der Waals surface area contributed by atoms with Crippen LogP contribution >= 0.6 is 0 Å². The third kappa shape index (κ3) is 5.34. The van der Waals surface area contributed by atoms with Gasteiger partial charge in [-0.25, -0.2) is 0 Å². The number of allylic oxidation sites excluding steroid dienone is 1. The Labute approximate surface area is 164 Å². The molecule has 0 heterocycles. The van der Waals surface area contributed by atoms with Gasteiger partial charge in [-0.05, 0) is 50.9 Å². The molecule has 0 unspecified atom stereocenters. The quantitative estimate of drug-likeness (QED) is 0.686. The van der Waals surface area contributed by atoms with Crippen molar-refractivity contribution >= 4 is 14.6 Å². The Hall–Kier alpha value is 0.132. The molecule has 0 radical (unpaired) electrons. The number of benzene rings is 1. The average molecular weight is 305 g/mol. The predicted molar refractivity (Wildman–Crippen MR) is 91.6 cm³/mol. The summed E-state index contributed by atoms with van der Waals surface area (Å²) in [6, 6.07) is 8.58. The van der Waals surface area contributed by atoms with Gasteiger partial charge in [-0.15, -0.1) is 0 Å². The van der Waals surface area contributed by atoms with Crippen LogP contribution in [0.5, 0.6) is 5.75 Å². The number of nitrogens with one attached hydrogen (secondary N) is 1. The fraction of sp³-hybridized carbons (Fsp3) is 0.529. The van der Waals surface area contributed by atoms with Gasteiger partial charge in [-0.3, -0.25) is 0 Å². The largest absolute Gasteiger partial charge is 1.00 e. The maximum absolute atomic E-state index is 6.60. The van der Waals surface area contributed by atoms with Crippen molar-refractivity contribution in [3.05, 3.63) is 35.4 Å². The Balaban J connectivity index is -0.00000110. The maximum atomic E-state index is 6.60. The van der Waals surface area contributed by atoms with E-state index in [9.17, 15) is 0 Å². The van der Waals surface area contributed by atoms with Crippen molar-refractivity contribution in [1.29, 1.82) is 0 Å². The zero-order chi connectivity index (χ0) is 14.8. The molecular formula is C17H29Li2NOSi. The van der Waals surface area contributed by atoms with Crippen LogP contribution in [0.1, 0.15) is 48.6 Å². The first-order valence-corrected chi connectivity index (χ1v) is 9.98. The van der Waals surface area contributed by atoms with Gasteiger partial charge in [0.05, 0.1) is 0 Å². The van der Waals surface area contributed by atoms with Gasteiger partial charge >= 0.3 is 46.2 Å². The van der Waals surface area contributed by atoms with E-state index in [-0.39, 0.29) is 46.1 Å². The van der Waals surface area contributed by atoms with Crippen LogP contribution in [-0.2, 0) is 6.42 Å². The molecule has 0 amide bonds. The summed E-state index contributed by atoms with van der Waals surface area (Å²) in [7, 11) is -1.95. The van der Waals surface area contributed by atoms with E-state index in [1.54, 1.807) is 0 Å². The summed E-state index contributed by atoms with van der Waals surface area (Å²) >= 11 is 0. The monoisotopic (exact) mass is 305 g/mol. The molecule has 2 nitrogen and oxygen atoms in total. The van der Waals surface area contributed by atoms with Gasteiger partial charge in [-0.1, -0.05) is 38.1 Å². The van der Waals surface area contributed by atoms with Crippen LogP contribution in [0.25, 0.3) is 6.08 Å². The van der Waals surface area contributed by atoms with E-state index in [1.807, 2.05) is 0 Å². The van der Waals surface area contributed by atoms with Gasteiger partial charge in [0.15, 0.2) is 0 Å². The van der Waals surface area contributed by atoms with Crippen molar-refractivity contribution in [2.24, 2.45) is 0 Å². The minimum absolute atomic E-state index is 0. The molecule has 0 aromatic heterocycles. The Morgan fingerprint density at radius 3 is 2.36 bits per heavy atom. The molecule has 2 rings (SSSR count). The van der Waals surface area contributed by atoms with Crippen LogP contribution in [0.15, 0.2) is 24.3 Å². The van der Waals surface area contributed by atoms with E-state index in [0.717, 1.165) is 24.3 Å². The van der Waals surface area contributed by atoms with Crippen LogP contribution in [0.3, 0.4) is 0 Å². The normalized spacial score (nSPS) is 13.1. The van der Waals surface area contributed by atoms with Crippen molar-refractivity contribution in [2.75, 3.05) is 0 Å². The summed E-state index contributed by atoms with van der Waals surface area (Å²) in [6.07, 6.45) is 5.45. The first-order chi connectivity index (χ1) is 9.39. The molecule has 0 atom stereocenters. The summed E-state index contributed by atoms with van der Waals surface area (Å²) in [5.74, 6) is 1.06. The summed E-state index contributed by atoms with van der Waals surface area (Å²) < 4.78 is 6.60. The molecule has 0 aliphatic heterocycles. The van der Waals surface area contributed by atoms with Crippen LogP contribution in [0.4, 0.5) is 0 Å². The first kappa shape index (κ1) is 22.1. The second-order valence-corrected chi connectivity index (χ2v) is 10.5. The fourth-order valence-electron chi connectivity index (χ4n) is 2.84. The van der Waals surface area contributed by atoms with E-state index in [2.05, 4.69) is 70.0 Å². The van der Waals surface area contributed by atoms with Crippen LogP contribution in [0, 0.1) is 0 Å². The minimum Gasteiger partial charge on any atom is -1.00 e. The SMILES string of the molecule is CC[Si](CC)(NC(C)(C)C)Oc1cccc2c1C=CC2.[H-].[H-].[Li+].[Li+]. The number of hydrogen-bond donors (Lipinski definition) is 1. The van der Waals surface area contributed by atoms with Gasteiger partial charge < -0.3 is 12.3 Å². The number of fused-ring (bicyclic) bond motifs is 1. The summed E-state index contributed by atoms with van der Waals surface area (Å²) in [5.41, 5.74) is 2.75. The van der Waals surface area contributed by atoms with Crippen molar-refractivity contribution in [2.45, 2.75) is 58.7 Å². The molecule has 1 aromatic rings. The maximum Gasteiger partial charge on any atom is 1.00 e. The molecular weight excluding hydrogens is 276 g/mol. The zero-order valence-corrected chi connectivity index (χ0v) is 16.4. The Morgan fingerprint density at radius 1 is 1.18 bits per heavy atom. The smallest absolute Gasteiger partial charge is 1.00 e. The van der Waals surface area contributed by atoms with Gasteiger partial charge in [0.1, 0.15) is 5.75 Å². The van der Waals surface area contributed by atoms with Crippen LogP contribution < -0.4 is 47.1 Å². The van der Waals surface area contributed by atoms with Crippen molar-refractivity contribution < 1.29 is 45.0 Å². The van der Waals surface area contributed by atoms with Crippen LogP contribution in [0.2, 0.25) is 12.1 Å². The number of rotatable bonds is 5. The van der Waals surface area contributed by atoms with Gasteiger partial charge in [0.25, 0.3) is 0 Å². The Kier molecular flexibility index (Phi) is 8.89. The van der Waals surface area contributed by atoms with E-state index in [1.165, 1.54) is 11.1 Å². The molecule has 0 bridgehead atoms. The third-order valence-corrected chi connectivity index (χ3v) is 7.93. The van der Waals surface area contributed by atoms with Crippen molar-refractivity contribution in [3.63, 3.8) is 0 Å². The molecule has 114 valence electrons. The van der Waals surface area contributed by atoms with Gasteiger partial charge in [-0.2, -0.15) is 0 Å². The second-order valence-electron chi connectivity index (χ2n) is 6.61. The third-order valence-electron chi connectivity index (χ3n) is 3.83. The molecule has 1 aromatic carbocycles. The minimum atomic E-state index is -1.95. The first-order valence-electron chi connectivity index (χ1n) is 7.66. The topological polar surface area (TPSA) is 21.3 Å². The van der Waals surface area contributed by atoms with E-state index < -0.39 is 8.48 Å². The Bertz CT molecular complexity index is 518. The fourth-order valence-corrected chi connectivity index (χ4v) is 6.00. The number of hydrogen-bond acceptors (Lipinski definition) is 2. The molecule has 22 heavy (non-hydrogen) atoms. The van der Waals surface area contributed by atoms with E-state index in [0.29, 0.717) is 0 Å². The molecule has 0 saturated heterocycles.